The predicted octanol–water partition coefficient (Wildman–Crippen LogP) is 2.13. The molecule has 1 aliphatic carbocycles. The van der Waals surface area contributed by atoms with Gasteiger partial charge in [0.2, 0.25) is 0 Å². The van der Waals surface area contributed by atoms with Gasteiger partial charge in [0, 0.05) is 12.6 Å². The molecule has 0 bridgehead atoms. The number of rotatable bonds is 3. The minimum atomic E-state index is -0.0250. The van der Waals surface area contributed by atoms with Crippen LogP contribution in [0, 0.1) is 5.92 Å². The molecule has 98 valence electrons. The van der Waals surface area contributed by atoms with Crippen molar-refractivity contribution in [2.24, 2.45) is 5.92 Å². The molecule has 1 saturated carbocycles. The van der Waals surface area contributed by atoms with Crippen LogP contribution in [0.25, 0.3) is 0 Å². The van der Waals surface area contributed by atoms with Crippen LogP contribution in [0.15, 0.2) is 12.4 Å². The first-order valence-electron chi connectivity index (χ1n) is 7.07. The SMILES string of the molecule is OCc1cncc(N2CCCC2C2CCCC2)n1. The first-order chi connectivity index (χ1) is 8.88. The highest BCUT2D eigenvalue weighted by Crippen LogP contribution is 2.36. The molecule has 0 spiro atoms. The highest BCUT2D eigenvalue weighted by molar-refractivity contribution is 5.39. The molecule has 1 saturated heterocycles. The van der Waals surface area contributed by atoms with E-state index in [9.17, 15) is 0 Å². The van der Waals surface area contributed by atoms with Crippen molar-refractivity contribution in [1.29, 1.82) is 0 Å². The zero-order valence-corrected chi connectivity index (χ0v) is 10.8. The lowest BCUT2D eigenvalue weighted by Crippen LogP contribution is -2.35. The summed E-state index contributed by atoms with van der Waals surface area (Å²) in [5.41, 5.74) is 0.671. The van der Waals surface area contributed by atoms with Crippen molar-refractivity contribution >= 4 is 5.82 Å². The van der Waals surface area contributed by atoms with Gasteiger partial charge in [-0.05, 0) is 31.6 Å². The zero-order chi connectivity index (χ0) is 12.4. The lowest BCUT2D eigenvalue weighted by molar-refractivity contribution is 0.276. The van der Waals surface area contributed by atoms with Crippen molar-refractivity contribution in [2.75, 3.05) is 11.4 Å². The van der Waals surface area contributed by atoms with Gasteiger partial charge in [0.1, 0.15) is 5.82 Å². The number of aliphatic hydroxyl groups is 1. The number of nitrogens with zero attached hydrogens (tertiary/aromatic N) is 3. The van der Waals surface area contributed by atoms with Crippen LogP contribution in [0.1, 0.15) is 44.2 Å². The van der Waals surface area contributed by atoms with E-state index >= 15 is 0 Å². The molecular formula is C14H21N3O. The molecule has 0 amide bonds. The Balaban J connectivity index is 1.80. The Hall–Kier alpha value is -1.16. The van der Waals surface area contributed by atoms with E-state index < -0.39 is 0 Å². The Labute approximate surface area is 108 Å². The molecule has 4 nitrogen and oxygen atoms in total. The van der Waals surface area contributed by atoms with Crippen molar-refractivity contribution in [1.82, 2.24) is 9.97 Å². The molecule has 1 aromatic rings. The monoisotopic (exact) mass is 247 g/mol. The van der Waals surface area contributed by atoms with Crippen LogP contribution in [0.2, 0.25) is 0 Å². The van der Waals surface area contributed by atoms with Gasteiger partial charge in [0.15, 0.2) is 0 Å². The molecule has 0 radical (unpaired) electrons. The molecule has 0 aromatic carbocycles. The van der Waals surface area contributed by atoms with Crippen molar-refractivity contribution in [2.45, 2.75) is 51.2 Å². The fourth-order valence-electron chi connectivity index (χ4n) is 3.52. The highest BCUT2D eigenvalue weighted by atomic mass is 16.3. The van der Waals surface area contributed by atoms with Gasteiger partial charge < -0.3 is 10.0 Å². The Morgan fingerprint density at radius 2 is 2.00 bits per heavy atom. The lowest BCUT2D eigenvalue weighted by atomic mass is 9.96. The summed E-state index contributed by atoms with van der Waals surface area (Å²) in [7, 11) is 0. The minimum Gasteiger partial charge on any atom is -0.390 e. The van der Waals surface area contributed by atoms with Crippen LogP contribution in [0.5, 0.6) is 0 Å². The summed E-state index contributed by atoms with van der Waals surface area (Å²) in [6.07, 6.45) is 11.5. The van der Waals surface area contributed by atoms with E-state index in [-0.39, 0.29) is 6.61 Å². The number of hydrogen-bond acceptors (Lipinski definition) is 4. The minimum absolute atomic E-state index is 0.0250. The van der Waals surface area contributed by atoms with Gasteiger partial charge in [0.25, 0.3) is 0 Å². The fourth-order valence-corrected chi connectivity index (χ4v) is 3.52. The Kier molecular flexibility index (Phi) is 3.46. The van der Waals surface area contributed by atoms with Crippen molar-refractivity contribution in [3.05, 3.63) is 18.1 Å². The topological polar surface area (TPSA) is 49.3 Å². The molecule has 1 unspecified atom stereocenters. The molecule has 18 heavy (non-hydrogen) atoms. The average Bonchev–Trinajstić information content (AvgIpc) is 3.09. The predicted molar refractivity (Wildman–Crippen MR) is 70.3 cm³/mol. The molecule has 1 N–H and O–H groups in total. The van der Waals surface area contributed by atoms with Crippen LogP contribution in [-0.4, -0.2) is 27.7 Å². The second-order valence-corrected chi connectivity index (χ2v) is 5.47. The number of aliphatic hydroxyl groups excluding tert-OH is 1. The van der Waals surface area contributed by atoms with E-state index in [1.54, 1.807) is 6.20 Å². The smallest absolute Gasteiger partial charge is 0.147 e. The quantitative estimate of drug-likeness (QED) is 0.889. The third kappa shape index (κ3) is 2.21. The summed E-state index contributed by atoms with van der Waals surface area (Å²) in [6, 6.07) is 0.649. The zero-order valence-electron chi connectivity index (χ0n) is 10.8. The van der Waals surface area contributed by atoms with Crippen LogP contribution in [-0.2, 0) is 6.61 Å². The van der Waals surface area contributed by atoms with Crippen LogP contribution in [0.4, 0.5) is 5.82 Å². The Morgan fingerprint density at radius 1 is 1.17 bits per heavy atom. The molecular weight excluding hydrogens is 226 g/mol. The van der Waals surface area contributed by atoms with E-state index in [4.69, 9.17) is 5.11 Å². The summed E-state index contributed by atoms with van der Waals surface area (Å²) in [4.78, 5) is 11.1. The van der Waals surface area contributed by atoms with Gasteiger partial charge in [-0.3, -0.25) is 4.98 Å². The molecule has 4 heteroatoms. The standard InChI is InChI=1S/C14H21N3O/c18-10-12-8-15-9-14(16-12)17-7-3-6-13(17)11-4-1-2-5-11/h8-9,11,13,18H,1-7,10H2. The fraction of sp³-hybridized carbons (Fsp3) is 0.714. The van der Waals surface area contributed by atoms with Crippen LogP contribution >= 0.6 is 0 Å². The molecule has 1 aliphatic heterocycles. The van der Waals surface area contributed by atoms with Gasteiger partial charge in [-0.15, -0.1) is 0 Å². The highest BCUT2D eigenvalue weighted by Gasteiger charge is 2.34. The van der Waals surface area contributed by atoms with Crippen LogP contribution in [0.3, 0.4) is 0 Å². The lowest BCUT2D eigenvalue weighted by Gasteiger charge is -2.30. The third-order valence-corrected chi connectivity index (χ3v) is 4.37. The first kappa shape index (κ1) is 11.9. The second kappa shape index (κ2) is 5.22. The Morgan fingerprint density at radius 3 is 2.78 bits per heavy atom. The Bertz CT molecular complexity index is 404. The van der Waals surface area contributed by atoms with Gasteiger partial charge in [-0.2, -0.15) is 0 Å². The molecule has 2 fully saturated rings. The van der Waals surface area contributed by atoms with Gasteiger partial charge >= 0.3 is 0 Å². The first-order valence-corrected chi connectivity index (χ1v) is 7.07. The van der Waals surface area contributed by atoms with Gasteiger partial charge in [0.05, 0.1) is 24.7 Å². The normalized spacial score (nSPS) is 24.9. The van der Waals surface area contributed by atoms with Gasteiger partial charge in [-0.25, -0.2) is 4.98 Å². The number of aromatic nitrogens is 2. The van der Waals surface area contributed by atoms with Crippen molar-refractivity contribution in [3.63, 3.8) is 0 Å². The number of hydrogen-bond donors (Lipinski definition) is 1. The van der Waals surface area contributed by atoms with E-state index in [1.165, 1.54) is 38.5 Å². The maximum atomic E-state index is 9.16. The summed E-state index contributed by atoms with van der Waals surface area (Å²) in [6.45, 7) is 1.06. The van der Waals surface area contributed by atoms with Gasteiger partial charge in [-0.1, -0.05) is 12.8 Å². The molecule has 1 atom stereocenters. The summed E-state index contributed by atoms with van der Waals surface area (Å²) >= 11 is 0. The summed E-state index contributed by atoms with van der Waals surface area (Å²) in [5.74, 6) is 1.79. The molecule has 2 aliphatic rings. The second-order valence-electron chi connectivity index (χ2n) is 5.47. The maximum Gasteiger partial charge on any atom is 0.147 e. The largest absolute Gasteiger partial charge is 0.390 e. The third-order valence-electron chi connectivity index (χ3n) is 4.37. The van der Waals surface area contributed by atoms with E-state index in [0.29, 0.717) is 11.7 Å². The average molecular weight is 247 g/mol. The summed E-state index contributed by atoms with van der Waals surface area (Å²) < 4.78 is 0. The van der Waals surface area contributed by atoms with Crippen molar-refractivity contribution in [3.8, 4) is 0 Å². The van der Waals surface area contributed by atoms with E-state index in [0.717, 1.165) is 18.3 Å². The molecule has 1 aromatic heterocycles. The van der Waals surface area contributed by atoms with E-state index in [1.807, 2.05) is 6.20 Å². The summed E-state index contributed by atoms with van der Waals surface area (Å²) in [5, 5.41) is 9.16. The van der Waals surface area contributed by atoms with Crippen molar-refractivity contribution < 1.29 is 5.11 Å². The molecule has 2 heterocycles. The van der Waals surface area contributed by atoms with E-state index in [2.05, 4.69) is 14.9 Å². The number of anilines is 1. The van der Waals surface area contributed by atoms with Crippen LogP contribution < -0.4 is 4.90 Å². The maximum absolute atomic E-state index is 9.16. The molecule has 3 rings (SSSR count).